The number of para-hydroxylation sites is 1. The third-order valence-corrected chi connectivity index (χ3v) is 8.45. The van der Waals surface area contributed by atoms with E-state index in [1.807, 2.05) is 20.8 Å². The van der Waals surface area contributed by atoms with E-state index in [0.29, 0.717) is 23.7 Å². The topological polar surface area (TPSA) is 86.8 Å². The van der Waals surface area contributed by atoms with Gasteiger partial charge in [-0.15, -0.1) is 0 Å². The van der Waals surface area contributed by atoms with Gasteiger partial charge in [-0.1, -0.05) is 79.9 Å². The van der Waals surface area contributed by atoms with E-state index < -0.39 is 28.5 Å². The zero-order valence-electron chi connectivity index (χ0n) is 22.6. The van der Waals surface area contributed by atoms with Crippen molar-refractivity contribution >= 4 is 39.1 Å². The van der Waals surface area contributed by atoms with Crippen molar-refractivity contribution in [1.29, 1.82) is 0 Å². The predicted octanol–water partition coefficient (Wildman–Crippen LogP) is 5.57. The molecule has 0 heterocycles. The van der Waals surface area contributed by atoms with E-state index in [-0.39, 0.29) is 17.3 Å². The molecule has 0 saturated carbocycles. The maximum Gasteiger partial charge on any atom is 0.264 e. The van der Waals surface area contributed by atoms with Crippen molar-refractivity contribution in [1.82, 2.24) is 10.2 Å². The highest BCUT2D eigenvalue weighted by atomic mass is 35.5. The normalized spacial score (nSPS) is 12.0. The van der Waals surface area contributed by atoms with Gasteiger partial charge in [0.15, 0.2) is 0 Å². The molecule has 39 heavy (non-hydrogen) atoms. The first-order chi connectivity index (χ1) is 18.7. The van der Waals surface area contributed by atoms with Crippen LogP contribution < -0.4 is 9.62 Å². The number of hydrogen-bond acceptors (Lipinski definition) is 4. The summed E-state index contributed by atoms with van der Waals surface area (Å²) in [5.74, 6) is -0.747. The number of carbonyl (C=O) groups excluding carboxylic acids is 2. The van der Waals surface area contributed by atoms with Crippen molar-refractivity contribution < 1.29 is 18.0 Å². The van der Waals surface area contributed by atoms with Gasteiger partial charge in [-0.05, 0) is 61.7 Å². The molecule has 7 nitrogen and oxygen atoms in total. The van der Waals surface area contributed by atoms with Crippen molar-refractivity contribution in [3.05, 3.63) is 95.0 Å². The molecule has 0 aliphatic heterocycles. The van der Waals surface area contributed by atoms with Crippen LogP contribution in [0.4, 0.5) is 5.69 Å². The molecule has 0 saturated heterocycles. The average Bonchev–Trinajstić information content (AvgIpc) is 2.93. The Balaban J connectivity index is 2.00. The lowest BCUT2D eigenvalue weighted by molar-refractivity contribution is -0.140. The van der Waals surface area contributed by atoms with Crippen LogP contribution in [0.2, 0.25) is 5.02 Å². The number of benzene rings is 3. The first-order valence-corrected chi connectivity index (χ1v) is 14.9. The minimum atomic E-state index is -4.08. The van der Waals surface area contributed by atoms with Crippen LogP contribution in [0.3, 0.4) is 0 Å². The molecule has 208 valence electrons. The number of anilines is 1. The Bertz CT molecular complexity index is 1330. The quantitative estimate of drug-likeness (QED) is 0.273. The molecule has 0 radical (unpaired) electrons. The summed E-state index contributed by atoms with van der Waals surface area (Å²) in [6, 6.07) is 21.3. The number of amides is 2. The number of rotatable bonds is 13. The summed E-state index contributed by atoms with van der Waals surface area (Å²) in [4.78, 5) is 28.7. The number of nitrogens with zero attached hydrogens (tertiary/aromatic N) is 2. The molecule has 3 rings (SSSR count). The second-order valence-corrected chi connectivity index (χ2v) is 11.7. The molecular weight excluding hydrogens is 534 g/mol. The fourth-order valence-corrected chi connectivity index (χ4v) is 5.71. The van der Waals surface area contributed by atoms with Gasteiger partial charge in [-0.3, -0.25) is 13.9 Å². The Hall–Kier alpha value is -3.36. The van der Waals surface area contributed by atoms with Crippen molar-refractivity contribution in [3.8, 4) is 0 Å². The third-order valence-electron chi connectivity index (χ3n) is 6.41. The van der Waals surface area contributed by atoms with Crippen LogP contribution in [0, 0.1) is 6.92 Å². The molecule has 0 aliphatic carbocycles. The second-order valence-electron chi connectivity index (χ2n) is 9.38. The summed E-state index contributed by atoms with van der Waals surface area (Å²) in [5.41, 5.74) is 2.06. The third kappa shape index (κ3) is 8.07. The van der Waals surface area contributed by atoms with Crippen molar-refractivity contribution in [2.75, 3.05) is 17.4 Å². The number of halogens is 1. The van der Waals surface area contributed by atoms with Gasteiger partial charge in [0.1, 0.15) is 12.6 Å². The number of aryl methyl sites for hydroxylation is 1. The van der Waals surface area contributed by atoms with Gasteiger partial charge in [0.2, 0.25) is 11.8 Å². The number of unbranched alkanes of at least 4 members (excludes halogenated alkanes) is 1. The van der Waals surface area contributed by atoms with E-state index >= 15 is 0 Å². The lowest BCUT2D eigenvalue weighted by Gasteiger charge is -2.33. The summed E-state index contributed by atoms with van der Waals surface area (Å²) in [7, 11) is -4.08. The molecule has 2 amide bonds. The van der Waals surface area contributed by atoms with Crippen molar-refractivity contribution in [2.24, 2.45) is 0 Å². The second kappa shape index (κ2) is 14.1. The number of nitrogens with one attached hydrogen (secondary N) is 1. The van der Waals surface area contributed by atoms with E-state index in [0.717, 1.165) is 28.3 Å². The smallest absolute Gasteiger partial charge is 0.264 e. The Labute approximate surface area is 236 Å². The molecular formula is C30H36ClN3O4S. The predicted molar refractivity (Wildman–Crippen MR) is 156 cm³/mol. The van der Waals surface area contributed by atoms with Gasteiger partial charge in [-0.25, -0.2) is 8.42 Å². The molecule has 3 aromatic rings. The van der Waals surface area contributed by atoms with Gasteiger partial charge < -0.3 is 10.2 Å². The SMILES string of the molecule is CCCCNC(=O)C(CC)N(Cc1ccc(Cl)cc1)C(=O)CN(c1ccccc1)S(=O)(=O)c1ccc(C)cc1. The minimum absolute atomic E-state index is 0.0818. The van der Waals surface area contributed by atoms with Gasteiger partial charge in [0.05, 0.1) is 10.6 Å². The Morgan fingerprint density at radius 1 is 0.923 bits per heavy atom. The molecule has 0 aromatic heterocycles. The van der Waals surface area contributed by atoms with Gasteiger partial charge in [0.25, 0.3) is 10.0 Å². The molecule has 1 unspecified atom stereocenters. The molecule has 1 atom stereocenters. The van der Waals surface area contributed by atoms with Crippen LogP contribution in [0.15, 0.2) is 83.8 Å². The van der Waals surface area contributed by atoms with Crippen LogP contribution in [-0.2, 0) is 26.2 Å². The minimum Gasteiger partial charge on any atom is -0.354 e. The van der Waals surface area contributed by atoms with Gasteiger partial charge in [0, 0.05) is 18.1 Å². The number of sulfonamides is 1. The highest BCUT2D eigenvalue weighted by molar-refractivity contribution is 7.92. The summed E-state index contributed by atoms with van der Waals surface area (Å²) >= 11 is 6.06. The highest BCUT2D eigenvalue weighted by Gasteiger charge is 2.33. The summed E-state index contributed by atoms with van der Waals surface area (Å²) < 4.78 is 28.7. The molecule has 0 aliphatic rings. The first kappa shape index (κ1) is 30.2. The van der Waals surface area contributed by atoms with E-state index in [4.69, 9.17) is 11.6 Å². The summed E-state index contributed by atoms with van der Waals surface area (Å²) in [5, 5.41) is 3.48. The Morgan fingerprint density at radius 3 is 2.15 bits per heavy atom. The van der Waals surface area contributed by atoms with Crippen LogP contribution in [0.1, 0.15) is 44.2 Å². The van der Waals surface area contributed by atoms with Crippen LogP contribution in [-0.4, -0.2) is 44.3 Å². The fraction of sp³-hybridized carbons (Fsp3) is 0.333. The fourth-order valence-electron chi connectivity index (χ4n) is 4.17. The van der Waals surface area contributed by atoms with E-state index in [1.54, 1.807) is 66.7 Å². The first-order valence-electron chi connectivity index (χ1n) is 13.1. The van der Waals surface area contributed by atoms with Gasteiger partial charge >= 0.3 is 0 Å². The van der Waals surface area contributed by atoms with Gasteiger partial charge in [-0.2, -0.15) is 0 Å². The van der Waals surface area contributed by atoms with Crippen LogP contribution in [0.5, 0.6) is 0 Å². The zero-order chi connectivity index (χ0) is 28.4. The van der Waals surface area contributed by atoms with Crippen LogP contribution >= 0.6 is 11.6 Å². The highest BCUT2D eigenvalue weighted by Crippen LogP contribution is 2.25. The molecule has 3 aromatic carbocycles. The standard InChI is InChI=1S/C30H36ClN3O4S/c1-4-6-20-32-30(36)28(5-2)33(21-24-14-16-25(31)17-15-24)29(35)22-34(26-10-8-7-9-11-26)39(37,38)27-18-12-23(3)13-19-27/h7-19,28H,4-6,20-22H2,1-3H3,(H,32,36). The molecule has 9 heteroatoms. The largest absolute Gasteiger partial charge is 0.354 e. The number of hydrogen-bond donors (Lipinski definition) is 1. The zero-order valence-corrected chi connectivity index (χ0v) is 24.2. The summed E-state index contributed by atoms with van der Waals surface area (Å²) in [6.45, 7) is 5.92. The lowest BCUT2D eigenvalue weighted by Crippen LogP contribution is -2.52. The van der Waals surface area contributed by atoms with Crippen molar-refractivity contribution in [3.63, 3.8) is 0 Å². The van der Waals surface area contributed by atoms with E-state index in [1.165, 1.54) is 17.0 Å². The maximum atomic E-state index is 14.0. The van der Waals surface area contributed by atoms with Crippen molar-refractivity contribution in [2.45, 2.75) is 57.5 Å². The Kier molecular flexibility index (Phi) is 10.9. The Morgan fingerprint density at radius 2 is 1.56 bits per heavy atom. The van der Waals surface area contributed by atoms with Crippen LogP contribution in [0.25, 0.3) is 0 Å². The monoisotopic (exact) mass is 569 g/mol. The lowest BCUT2D eigenvalue weighted by atomic mass is 10.1. The van der Waals surface area contributed by atoms with E-state index in [9.17, 15) is 18.0 Å². The van der Waals surface area contributed by atoms with E-state index in [2.05, 4.69) is 5.32 Å². The maximum absolute atomic E-state index is 14.0. The molecule has 1 N–H and O–H groups in total. The average molecular weight is 570 g/mol. The molecule has 0 bridgehead atoms. The molecule has 0 spiro atoms. The number of carbonyl (C=O) groups is 2. The molecule has 0 fully saturated rings. The summed E-state index contributed by atoms with van der Waals surface area (Å²) in [6.07, 6.45) is 2.12.